The van der Waals surface area contributed by atoms with Crippen LogP contribution in [-0.2, 0) is 16.1 Å². The first-order valence-electron chi connectivity index (χ1n) is 7.63. The fourth-order valence-electron chi connectivity index (χ4n) is 2.69. The highest BCUT2D eigenvalue weighted by atomic mass is 16.5. The molecule has 1 unspecified atom stereocenters. The third-order valence-corrected chi connectivity index (χ3v) is 3.86. The summed E-state index contributed by atoms with van der Waals surface area (Å²) in [5.41, 5.74) is 1.93. The van der Waals surface area contributed by atoms with Crippen molar-refractivity contribution >= 4 is 16.9 Å². The van der Waals surface area contributed by atoms with E-state index < -0.39 is 0 Å². The quantitative estimate of drug-likeness (QED) is 0.888. The molecule has 0 radical (unpaired) electrons. The number of para-hydroxylation sites is 2. The summed E-state index contributed by atoms with van der Waals surface area (Å²) in [5.74, 6) is 0.850. The highest BCUT2D eigenvalue weighted by Gasteiger charge is 2.15. The Kier molecular flexibility index (Phi) is 4.50. The first-order valence-corrected chi connectivity index (χ1v) is 7.63. The summed E-state index contributed by atoms with van der Waals surface area (Å²) in [6, 6.07) is 7.86. The highest BCUT2D eigenvalue weighted by molar-refractivity contribution is 5.76. The standard InChI is InChI=1S/C16H21N3O2/c20-16(9-8-12-5-3-4-10-21-12)17-11-15-18-13-6-1-2-7-14(13)19-15/h1-2,6-7,12H,3-5,8-11H2,(H,17,20)(H,18,19). The average Bonchev–Trinajstić information content (AvgIpc) is 2.95. The second-order valence-electron chi connectivity index (χ2n) is 5.50. The molecular weight excluding hydrogens is 266 g/mol. The molecule has 2 heterocycles. The smallest absolute Gasteiger partial charge is 0.220 e. The molecule has 0 aliphatic carbocycles. The maximum absolute atomic E-state index is 11.9. The van der Waals surface area contributed by atoms with Crippen molar-refractivity contribution in [2.75, 3.05) is 6.61 Å². The van der Waals surface area contributed by atoms with Gasteiger partial charge < -0.3 is 15.0 Å². The Balaban J connectivity index is 1.44. The topological polar surface area (TPSA) is 67.0 Å². The summed E-state index contributed by atoms with van der Waals surface area (Å²) in [7, 11) is 0. The predicted molar refractivity (Wildman–Crippen MR) is 80.8 cm³/mol. The minimum Gasteiger partial charge on any atom is -0.378 e. The van der Waals surface area contributed by atoms with E-state index in [9.17, 15) is 4.79 Å². The van der Waals surface area contributed by atoms with E-state index in [2.05, 4.69) is 15.3 Å². The van der Waals surface area contributed by atoms with Crippen LogP contribution in [0.4, 0.5) is 0 Å². The van der Waals surface area contributed by atoms with E-state index in [-0.39, 0.29) is 12.0 Å². The van der Waals surface area contributed by atoms with Crippen molar-refractivity contribution in [2.45, 2.75) is 44.8 Å². The SMILES string of the molecule is O=C(CCC1CCCCO1)NCc1nc2ccccc2[nH]1. The van der Waals surface area contributed by atoms with E-state index in [0.29, 0.717) is 13.0 Å². The summed E-state index contributed by atoms with van der Waals surface area (Å²) in [4.78, 5) is 19.5. The van der Waals surface area contributed by atoms with Gasteiger partial charge in [-0.15, -0.1) is 0 Å². The lowest BCUT2D eigenvalue weighted by Crippen LogP contribution is -2.26. The van der Waals surface area contributed by atoms with Gasteiger partial charge in [-0.2, -0.15) is 0 Å². The molecule has 1 saturated heterocycles. The Labute approximate surface area is 124 Å². The molecule has 1 aromatic carbocycles. The van der Waals surface area contributed by atoms with Crippen molar-refractivity contribution in [3.05, 3.63) is 30.1 Å². The molecule has 1 aliphatic heterocycles. The predicted octanol–water partition coefficient (Wildman–Crippen LogP) is 2.53. The molecule has 0 bridgehead atoms. The van der Waals surface area contributed by atoms with Crippen molar-refractivity contribution in [2.24, 2.45) is 0 Å². The molecule has 1 aromatic heterocycles. The van der Waals surface area contributed by atoms with Crippen LogP contribution < -0.4 is 5.32 Å². The second kappa shape index (κ2) is 6.72. The number of H-pyrrole nitrogens is 1. The van der Waals surface area contributed by atoms with Crippen LogP contribution in [0.1, 0.15) is 37.9 Å². The number of rotatable bonds is 5. The number of ether oxygens (including phenoxy) is 1. The number of aromatic amines is 1. The van der Waals surface area contributed by atoms with Gasteiger partial charge in [-0.1, -0.05) is 12.1 Å². The lowest BCUT2D eigenvalue weighted by molar-refractivity contribution is -0.122. The van der Waals surface area contributed by atoms with Crippen molar-refractivity contribution in [1.82, 2.24) is 15.3 Å². The molecular formula is C16H21N3O2. The summed E-state index contributed by atoms with van der Waals surface area (Å²) in [5, 5.41) is 2.91. The van der Waals surface area contributed by atoms with E-state index in [0.717, 1.165) is 42.7 Å². The number of imidazole rings is 1. The zero-order chi connectivity index (χ0) is 14.5. The summed E-state index contributed by atoms with van der Waals surface area (Å²) in [6.07, 6.45) is 5.03. The number of hydrogen-bond acceptors (Lipinski definition) is 3. The number of nitrogens with one attached hydrogen (secondary N) is 2. The van der Waals surface area contributed by atoms with E-state index in [1.165, 1.54) is 6.42 Å². The van der Waals surface area contributed by atoms with Crippen LogP contribution in [0, 0.1) is 0 Å². The fourth-order valence-corrected chi connectivity index (χ4v) is 2.69. The number of hydrogen-bond donors (Lipinski definition) is 2. The molecule has 1 aliphatic rings. The largest absolute Gasteiger partial charge is 0.378 e. The Morgan fingerprint density at radius 2 is 2.29 bits per heavy atom. The van der Waals surface area contributed by atoms with Gasteiger partial charge in [-0.25, -0.2) is 4.98 Å². The minimum atomic E-state index is 0.0598. The second-order valence-corrected chi connectivity index (χ2v) is 5.50. The molecule has 0 saturated carbocycles. The molecule has 0 spiro atoms. The number of amides is 1. The van der Waals surface area contributed by atoms with Crippen LogP contribution in [-0.4, -0.2) is 28.6 Å². The summed E-state index contributed by atoms with van der Waals surface area (Å²) < 4.78 is 5.63. The van der Waals surface area contributed by atoms with Gasteiger partial charge in [0.2, 0.25) is 5.91 Å². The number of aromatic nitrogens is 2. The van der Waals surface area contributed by atoms with Gasteiger partial charge in [0.05, 0.1) is 23.7 Å². The third-order valence-electron chi connectivity index (χ3n) is 3.86. The van der Waals surface area contributed by atoms with Crippen LogP contribution in [0.5, 0.6) is 0 Å². The normalized spacial score (nSPS) is 18.8. The Bertz CT molecular complexity index is 569. The van der Waals surface area contributed by atoms with Crippen molar-refractivity contribution in [3.63, 3.8) is 0 Å². The lowest BCUT2D eigenvalue weighted by atomic mass is 10.0. The average molecular weight is 287 g/mol. The van der Waals surface area contributed by atoms with Crippen molar-refractivity contribution in [1.29, 1.82) is 0 Å². The maximum Gasteiger partial charge on any atom is 0.220 e. The molecule has 1 amide bonds. The van der Waals surface area contributed by atoms with Crippen LogP contribution in [0.2, 0.25) is 0 Å². The van der Waals surface area contributed by atoms with Gasteiger partial charge in [0.25, 0.3) is 0 Å². The summed E-state index contributed by atoms with van der Waals surface area (Å²) in [6.45, 7) is 1.28. The third kappa shape index (κ3) is 3.82. The number of carbonyl (C=O) groups is 1. The molecule has 21 heavy (non-hydrogen) atoms. The van der Waals surface area contributed by atoms with E-state index in [4.69, 9.17) is 4.74 Å². The van der Waals surface area contributed by atoms with Crippen LogP contribution in [0.15, 0.2) is 24.3 Å². The van der Waals surface area contributed by atoms with Gasteiger partial charge in [0, 0.05) is 13.0 Å². The van der Waals surface area contributed by atoms with Crippen LogP contribution in [0.25, 0.3) is 11.0 Å². The zero-order valence-electron chi connectivity index (χ0n) is 12.1. The van der Waals surface area contributed by atoms with Crippen LogP contribution >= 0.6 is 0 Å². The molecule has 3 rings (SSSR count). The lowest BCUT2D eigenvalue weighted by Gasteiger charge is -2.22. The summed E-state index contributed by atoms with van der Waals surface area (Å²) >= 11 is 0. The van der Waals surface area contributed by atoms with Gasteiger partial charge in [-0.3, -0.25) is 4.79 Å². The molecule has 1 fully saturated rings. The maximum atomic E-state index is 11.9. The Hall–Kier alpha value is -1.88. The molecule has 2 N–H and O–H groups in total. The number of carbonyl (C=O) groups excluding carboxylic acids is 1. The van der Waals surface area contributed by atoms with E-state index in [1.807, 2.05) is 24.3 Å². The number of fused-ring (bicyclic) bond motifs is 1. The fraction of sp³-hybridized carbons (Fsp3) is 0.500. The number of nitrogens with zero attached hydrogens (tertiary/aromatic N) is 1. The Morgan fingerprint density at radius 3 is 3.10 bits per heavy atom. The van der Waals surface area contributed by atoms with Crippen molar-refractivity contribution < 1.29 is 9.53 Å². The molecule has 2 aromatic rings. The van der Waals surface area contributed by atoms with Gasteiger partial charge in [-0.05, 0) is 37.8 Å². The zero-order valence-corrected chi connectivity index (χ0v) is 12.1. The molecule has 5 heteroatoms. The Morgan fingerprint density at radius 1 is 1.38 bits per heavy atom. The molecule has 112 valence electrons. The molecule has 5 nitrogen and oxygen atoms in total. The van der Waals surface area contributed by atoms with Crippen molar-refractivity contribution in [3.8, 4) is 0 Å². The first kappa shape index (κ1) is 14.1. The van der Waals surface area contributed by atoms with Gasteiger partial charge >= 0.3 is 0 Å². The molecule has 1 atom stereocenters. The minimum absolute atomic E-state index is 0.0598. The van der Waals surface area contributed by atoms with E-state index in [1.54, 1.807) is 0 Å². The monoisotopic (exact) mass is 287 g/mol. The van der Waals surface area contributed by atoms with Gasteiger partial charge in [0.15, 0.2) is 0 Å². The highest BCUT2D eigenvalue weighted by Crippen LogP contribution is 2.16. The first-order chi connectivity index (χ1) is 10.3. The van der Waals surface area contributed by atoms with Gasteiger partial charge in [0.1, 0.15) is 5.82 Å². The van der Waals surface area contributed by atoms with E-state index >= 15 is 0 Å². The van der Waals surface area contributed by atoms with Crippen LogP contribution in [0.3, 0.4) is 0 Å². The number of benzene rings is 1.